The maximum atomic E-state index is 12.0. The van der Waals surface area contributed by atoms with E-state index in [-0.39, 0.29) is 47.5 Å². The number of rotatable bonds is 13. The predicted molar refractivity (Wildman–Crippen MR) is 125 cm³/mol. The van der Waals surface area contributed by atoms with Gasteiger partial charge in [-0.15, -0.1) is 0 Å². The molecule has 2 amide bonds. The van der Waals surface area contributed by atoms with Gasteiger partial charge in [0, 0.05) is 36.6 Å². The van der Waals surface area contributed by atoms with Gasteiger partial charge in [-0.2, -0.15) is 0 Å². The van der Waals surface area contributed by atoms with Crippen LogP contribution in [0.25, 0.3) is 0 Å². The van der Waals surface area contributed by atoms with Crippen molar-refractivity contribution in [3.8, 4) is 0 Å². The van der Waals surface area contributed by atoms with Gasteiger partial charge in [-0.05, 0) is 12.8 Å². The maximum Gasteiger partial charge on any atom is 0.251 e. The van der Waals surface area contributed by atoms with Crippen LogP contribution in [-0.2, 0) is 22.4 Å². The molecule has 2 heterocycles. The molecule has 2 aromatic rings. The van der Waals surface area contributed by atoms with Crippen LogP contribution in [0.15, 0.2) is 32.0 Å². The first-order valence-electron chi connectivity index (χ1n) is 10.4. The van der Waals surface area contributed by atoms with Crippen LogP contribution in [0.1, 0.15) is 38.1 Å². The van der Waals surface area contributed by atoms with Crippen LogP contribution < -0.4 is 21.8 Å². The third-order valence-corrected chi connectivity index (χ3v) is 5.75. The molecule has 10 nitrogen and oxygen atoms in total. The van der Waals surface area contributed by atoms with Crippen LogP contribution in [0, 0.1) is 0 Å². The highest BCUT2D eigenvalue weighted by molar-refractivity contribution is 8.00. The number of aromatic nitrogens is 4. The minimum atomic E-state index is -0.233. The van der Waals surface area contributed by atoms with E-state index in [0.717, 1.165) is 36.4 Å². The number of thioether (sulfide) groups is 2. The second-order valence-corrected chi connectivity index (χ2v) is 8.79. The Morgan fingerprint density at radius 2 is 1.22 bits per heavy atom. The summed E-state index contributed by atoms with van der Waals surface area (Å²) in [5.74, 6) is -0.237. The number of nitrogens with one attached hydrogen (secondary N) is 4. The number of carbonyl (C=O) groups is 2. The molecular weight excluding hydrogens is 452 g/mol. The second kappa shape index (κ2) is 13.7. The summed E-state index contributed by atoms with van der Waals surface area (Å²) in [7, 11) is 0. The van der Waals surface area contributed by atoms with Gasteiger partial charge in [0.05, 0.1) is 11.5 Å². The minimum absolute atomic E-state index is 0.107. The Kier molecular flexibility index (Phi) is 11.0. The topological polar surface area (TPSA) is 150 Å². The van der Waals surface area contributed by atoms with E-state index in [0.29, 0.717) is 34.5 Å². The monoisotopic (exact) mass is 480 g/mol. The number of amides is 2. The molecule has 2 aromatic heterocycles. The lowest BCUT2D eigenvalue weighted by Crippen LogP contribution is -2.36. The molecule has 0 fully saturated rings. The third-order valence-electron chi connectivity index (χ3n) is 4.01. The van der Waals surface area contributed by atoms with Gasteiger partial charge in [-0.3, -0.25) is 19.2 Å². The van der Waals surface area contributed by atoms with Crippen molar-refractivity contribution in [1.29, 1.82) is 0 Å². The van der Waals surface area contributed by atoms with Gasteiger partial charge < -0.3 is 20.6 Å². The van der Waals surface area contributed by atoms with Crippen LogP contribution >= 0.6 is 23.5 Å². The fourth-order valence-corrected chi connectivity index (χ4v) is 4.09. The summed E-state index contributed by atoms with van der Waals surface area (Å²) in [6.45, 7) is 4.56. The smallest absolute Gasteiger partial charge is 0.251 e. The van der Waals surface area contributed by atoms with E-state index in [1.165, 1.54) is 12.1 Å². The molecular formula is C20H28N6O4S2. The molecule has 0 atom stereocenters. The number of hydrogen-bond acceptors (Lipinski definition) is 8. The number of hydrogen-bond donors (Lipinski definition) is 4. The normalized spacial score (nSPS) is 10.7. The van der Waals surface area contributed by atoms with Gasteiger partial charge in [0.1, 0.15) is 0 Å². The highest BCUT2D eigenvalue weighted by Crippen LogP contribution is 2.12. The summed E-state index contributed by atoms with van der Waals surface area (Å²) in [6.07, 6.45) is 3.17. The Hall–Kier alpha value is -2.60. The largest absolute Gasteiger partial charge is 0.354 e. The first-order chi connectivity index (χ1) is 15.4. The first kappa shape index (κ1) is 25.7. The summed E-state index contributed by atoms with van der Waals surface area (Å²) in [4.78, 5) is 61.1. The lowest BCUT2D eigenvalue weighted by atomic mass is 10.2. The second-order valence-electron chi connectivity index (χ2n) is 6.86. The molecule has 0 spiro atoms. The fraction of sp³-hybridized carbons (Fsp3) is 0.500. The Morgan fingerprint density at radius 3 is 1.59 bits per heavy atom. The molecule has 0 aromatic carbocycles. The van der Waals surface area contributed by atoms with Crippen molar-refractivity contribution in [2.45, 2.75) is 49.8 Å². The van der Waals surface area contributed by atoms with E-state index in [9.17, 15) is 19.2 Å². The van der Waals surface area contributed by atoms with E-state index in [2.05, 4.69) is 30.6 Å². The van der Waals surface area contributed by atoms with Crippen molar-refractivity contribution >= 4 is 35.3 Å². The average Bonchev–Trinajstić information content (AvgIpc) is 2.73. The van der Waals surface area contributed by atoms with Crippen LogP contribution in [-0.4, -0.2) is 56.3 Å². The van der Waals surface area contributed by atoms with Crippen molar-refractivity contribution in [2.24, 2.45) is 0 Å². The van der Waals surface area contributed by atoms with Gasteiger partial charge in [0.2, 0.25) is 11.8 Å². The predicted octanol–water partition coefficient (Wildman–Crippen LogP) is 0.875. The molecule has 32 heavy (non-hydrogen) atoms. The Balaban J connectivity index is 1.66. The zero-order valence-corrected chi connectivity index (χ0v) is 19.8. The Bertz CT molecular complexity index is 942. The Morgan fingerprint density at radius 1 is 0.812 bits per heavy atom. The summed E-state index contributed by atoms with van der Waals surface area (Å²) >= 11 is 2.31. The third kappa shape index (κ3) is 9.69. The Labute approximate surface area is 194 Å². The molecule has 0 unspecified atom stereocenters. The van der Waals surface area contributed by atoms with Crippen LogP contribution in [0.3, 0.4) is 0 Å². The van der Waals surface area contributed by atoms with Crippen LogP contribution in [0.2, 0.25) is 0 Å². The van der Waals surface area contributed by atoms with Crippen molar-refractivity contribution in [3.63, 3.8) is 0 Å². The number of aryl methyl sites for hydroxylation is 2. The van der Waals surface area contributed by atoms with E-state index >= 15 is 0 Å². The maximum absolute atomic E-state index is 12.0. The molecule has 0 bridgehead atoms. The molecule has 0 aliphatic heterocycles. The summed E-state index contributed by atoms with van der Waals surface area (Å²) in [5.41, 5.74) is 0.943. The van der Waals surface area contributed by atoms with Gasteiger partial charge in [-0.1, -0.05) is 50.2 Å². The lowest BCUT2D eigenvalue weighted by molar-refractivity contribution is -0.120. The zero-order valence-electron chi connectivity index (χ0n) is 18.2. The summed E-state index contributed by atoms with van der Waals surface area (Å²) < 4.78 is 0. The number of aromatic amines is 2. The van der Waals surface area contributed by atoms with Crippen molar-refractivity contribution < 1.29 is 9.59 Å². The minimum Gasteiger partial charge on any atom is -0.354 e. The molecule has 0 aliphatic rings. The highest BCUT2D eigenvalue weighted by atomic mass is 32.2. The van der Waals surface area contributed by atoms with Gasteiger partial charge in [-0.25, -0.2) is 9.97 Å². The standard InChI is InChI=1S/C20H28N6O4S2/c1-3-5-13-9-15(27)25-19(23-13)31-11-17(29)21-7-8-22-18(30)12-32-20-24-14(6-4-2)10-16(28)26-20/h9-10H,3-8,11-12H2,1-2H3,(H,21,29)(H,22,30)(H,23,25,27)(H,24,26,28). The molecule has 0 saturated heterocycles. The molecule has 2 rings (SSSR count). The highest BCUT2D eigenvalue weighted by Gasteiger charge is 2.08. The quantitative estimate of drug-likeness (QED) is 0.187. The van der Waals surface area contributed by atoms with Crippen LogP contribution in [0.5, 0.6) is 0 Å². The van der Waals surface area contributed by atoms with Crippen LogP contribution in [0.4, 0.5) is 0 Å². The zero-order chi connectivity index (χ0) is 23.3. The van der Waals surface area contributed by atoms with E-state index in [4.69, 9.17) is 0 Å². The van der Waals surface area contributed by atoms with Crippen molar-refractivity contribution in [3.05, 3.63) is 44.2 Å². The summed E-state index contributed by atoms with van der Waals surface area (Å²) in [5, 5.41) is 6.24. The van der Waals surface area contributed by atoms with E-state index < -0.39 is 0 Å². The van der Waals surface area contributed by atoms with Gasteiger partial charge in [0.15, 0.2) is 10.3 Å². The first-order valence-corrected chi connectivity index (χ1v) is 12.4. The number of carbonyl (C=O) groups excluding carboxylic acids is 2. The SMILES string of the molecule is CCCc1cc(=O)[nH]c(SCC(=O)NCCNC(=O)CSc2nc(CCC)cc(=O)[nH]2)n1. The van der Waals surface area contributed by atoms with E-state index in [1.54, 1.807) is 0 Å². The van der Waals surface area contributed by atoms with Gasteiger partial charge in [0.25, 0.3) is 11.1 Å². The summed E-state index contributed by atoms with van der Waals surface area (Å²) in [6, 6.07) is 2.93. The molecule has 0 radical (unpaired) electrons. The van der Waals surface area contributed by atoms with Crippen molar-refractivity contribution in [2.75, 3.05) is 24.6 Å². The number of nitrogens with zero attached hydrogens (tertiary/aromatic N) is 2. The fourth-order valence-electron chi connectivity index (χ4n) is 2.65. The average molecular weight is 481 g/mol. The van der Waals surface area contributed by atoms with E-state index in [1.807, 2.05) is 13.8 Å². The molecule has 12 heteroatoms. The molecule has 4 N–H and O–H groups in total. The van der Waals surface area contributed by atoms with Gasteiger partial charge >= 0.3 is 0 Å². The lowest BCUT2D eigenvalue weighted by Gasteiger charge is -2.07. The molecule has 174 valence electrons. The van der Waals surface area contributed by atoms with Crippen molar-refractivity contribution in [1.82, 2.24) is 30.6 Å². The molecule has 0 aliphatic carbocycles. The molecule has 0 saturated carbocycles. The number of H-pyrrole nitrogens is 2.